The summed E-state index contributed by atoms with van der Waals surface area (Å²) in [6.07, 6.45) is 11.5. The first kappa shape index (κ1) is 55.9. The van der Waals surface area contributed by atoms with Gasteiger partial charge in [0.15, 0.2) is 0 Å². The number of carbonyl (C=O) groups excluding carboxylic acids is 2. The number of hydrogen-bond acceptors (Lipinski definition) is 5. The molecule has 0 fully saturated rings. The van der Waals surface area contributed by atoms with Crippen LogP contribution in [0.5, 0.6) is 0 Å². The normalized spacial score (nSPS) is 17.4. The van der Waals surface area contributed by atoms with Crippen molar-refractivity contribution in [1.82, 2.24) is 0 Å². The first-order valence-corrected chi connectivity index (χ1v) is 23.8. The number of aliphatic hydroxyl groups excluding tert-OH is 1. The lowest BCUT2D eigenvalue weighted by Crippen LogP contribution is -2.54. The Morgan fingerprint density at radius 3 is 1.26 bits per heavy atom. The molecule has 0 heterocycles. The molecule has 1 N–H and O–H groups in total. The first-order valence-electron chi connectivity index (χ1n) is 23.8. The molecule has 4 atom stereocenters. The maximum Gasteiger partial charge on any atom is 0.312 e. The summed E-state index contributed by atoms with van der Waals surface area (Å²) in [6, 6.07) is 0. The van der Waals surface area contributed by atoms with E-state index in [-0.39, 0.29) is 39.0 Å². The second kappa shape index (κ2) is 20.6. The Morgan fingerprint density at radius 2 is 0.895 bits per heavy atom. The third-order valence-electron chi connectivity index (χ3n) is 16.4. The van der Waals surface area contributed by atoms with E-state index in [0.29, 0.717) is 19.3 Å². The number of aliphatic hydroxyl groups is 1. The highest BCUT2D eigenvalue weighted by atomic mass is 16.6. The van der Waals surface area contributed by atoms with Gasteiger partial charge < -0.3 is 14.6 Å². The molecule has 0 aliphatic carbocycles. The molecule has 5 heteroatoms. The van der Waals surface area contributed by atoms with Crippen molar-refractivity contribution in [2.45, 2.75) is 273 Å². The summed E-state index contributed by atoms with van der Waals surface area (Å²) in [4.78, 5) is 29.6. The highest BCUT2D eigenvalue weighted by molar-refractivity contribution is 5.77. The van der Waals surface area contributed by atoms with Gasteiger partial charge in [-0.25, -0.2) is 0 Å². The number of esters is 2. The summed E-state index contributed by atoms with van der Waals surface area (Å²) in [7, 11) is 0. The van der Waals surface area contributed by atoms with Crippen LogP contribution in [0.2, 0.25) is 0 Å². The van der Waals surface area contributed by atoms with Crippen molar-refractivity contribution < 1.29 is 24.2 Å². The summed E-state index contributed by atoms with van der Waals surface area (Å²) in [5.41, 5.74) is -3.63. The third kappa shape index (κ3) is 14.2. The summed E-state index contributed by atoms with van der Waals surface area (Å²) >= 11 is 0. The zero-order chi connectivity index (χ0) is 45.3. The lowest BCUT2D eigenvalue weighted by Gasteiger charge is -2.53. The summed E-state index contributed by atoms with van der Waals surface area (Å²) in [5.74, 6) is -0.354. The second-order valence-corrected chi connectivity index (χ2v) is 23.7. The van der Waals surface area contributed by atoms with Gasteiger partial charge in [-0.15, -0.1) is 0 Å². The molecule has 0 saturated carbocycles. The SMILES string of the molecule is CCC(C)(C)CC(C)(CC)OC(=O)C(C)(C)CC(CC)(CC)C(OC(=O)C(C)(CC)CC(C)(C)C(O)C(CC)(CC)CC(C)(C)CC)C(C)(C)CC(C)(CC)CC. The lowest BCUT2D eigenvalue weighted by atomic mass is 9.57. The van der Waals surface area contributed by atoms with E-state index in [4.69, 9.17) is 9.47 Å². The monoisotopic (exact) mass is 807 g/mol. The Morgan fingerprint density at radius 1 is 0.456 bits per heavy atom. The van der Waals surface area contributed by atoms with E-state index in [0.717, 1.165) is 77.0 Å². The van der Waals surface area contributed by atoms with Crippen LogP contribution in [0.1, 0.15) is 256 Å². The van der Waals surface area contributed by atoms with Gasteiger partial charge in [-0.2, -0.15) is 0 Å². The lowest BCUT2D eigenvalue weighted by molar-refractivity contribution is -0.194. The molecular formula is C52H102O5. The average molecular weight is 807 g/mol. The number of carbonyl (C=O) groups is 2. The van der Waals surface area contributed by atoms with Crippen molar-refractivity contribution in [3.8, 4) is 0 Å². The Bertz CT molecular complexity index is 1230. The highest BCUT2D eigenvalue weighted by Gasteiger charge is 2.55. The Balaban J connectivity index is 7.39. The van der Waals surface area contributed by atoms with Crippen molar-refractivity contribution in [2.75, 3.05) is 0 Å². The van der Waals surface area contributed by atoms with Gasteiger partial charge in [0.25, 0.3) is 0 Å². The van der Waals surface area contributed by atoms with Crippen molar-refractivity contribution in [3.63, 3.8) is 0 Å². The molecule has 0 aliphatic heterocycles. The minimum absolute atomic E-state index is 0.0531. The van der Waals surface area contributed by atoms with E-state index < -0.39 is 39.5 Å². The summed E-state index contributed by atoms with van der Waals surface area (Å²) < 4.78 is 13.7. The molecule has 0 spiro atoms. The third-order valence-corrected chi connectivity index (χ3v) is 16.4. The Kier molecular flexibility index (Phi) is 20.2. The van der Waals surface area contributed by atoms with Gasteiger partial charge in [0.2, 0.25) is 0 Å². The summed E-state index contributed by atoms with van der Waals surface area (Å²) in [6.45, 7) is 50.7. The van der Waals surface area contributed by atoms with Crippen molar-refractivity contribution in [2.24, 2.45) is 48.7 Å². The molecule has 57 heavy (non-hydrogen) atoms. The molecule has 0 rings (SSSR count). The van der Waals surface area contributed by atoms with Crippen LogP contribution in [-0.2, 0) is 19.1 Å². The minimum Gasteiger partial charge on any atom is -0.461 e. The Hall–Kier alpha value is -1.10. The smallest absolute Gasteiger partial charge is 0.312 e. The van der Waals surface area contributed by atoms with Gasteiger partial charge in [-0.1, -0.05) is 157 Å². The standard InChI is InChI=1S/C52H102O5/c1-24-43(11,12)34-50(23,29-6)57-41(54)47(19,20)38-52(32-9,33-10)40(46(17,18)36-48(21,26-3)27-4)56-42(55)49(22,28-5)37-45(15,16)39(53)51(30-7,31-8)35-44(13,14)25-2/h39-40,53H,24-38H2,1-23H3. The van der Waals surface area contributed by atoms with Crippen LogP contribution < -0.4 is 0 Å². The molecule has 0 aromatic rings. The van der Waals surface area contributed by atoms with E-state index in [9.17, 15) is 9.90 Å². The molecule has 0 aromatic carbocycles. The van der Waals surface area contributed by atoms with Gasteiger partial charge >= 0.3 is 11.9 Å². The molecule has 340 valence electrons. The molecule has 4 unspecified atom stereocenters. The number of rotatable bonds is 28. The van der Waals surface area contributed by atoms with Crippen LogP contribution in [0.25, 0.3) is 0 Å². The quantitative estimate of drug-likeness (QED) is 0.0797. The summed E-state index contributed by atoms with van der Waals surface area (Å²) in [5, 5.41) is 12.4. The molecule has 0 radical (unpaired) electrons. The van der Waals surface area contributed by atoms with Crippen molar-refractivity contribution in [3.05, 3.63) is 0 Å². The zero-order valence-electron chi connectivity index (χ0n) is 42.8. The largest absolute Gasteiger partial charge is 0.461 e. The van der Waals surface area contributed by atoms with Crippen LogP contribution in [0.3, 0.4) is 0 Å². The molecule has 5 nitrogen and oxygen atoms in total. The maximum atomic E-state index is 15.2. The van der Waals surface area contributed by atoms with Gasteiger partial charge in [-0.05, 0) is 125 Å². The van der Waals surface area contributed by atoms with E-state index in [2.05, 4.69) is 145 Å². The molecule has 0 aliphatic rings. The molecule has 0 bridgehead atoms. The number of hydrogen-bond donors (Lipinski definition) is 1. The predicted octanol–water partition coefficient (Wildman–Crippen LogP) is 15.7. The second-order valence-electron chi connectivity index (χ2n) is 23.7. The average Bonchev–Trinajstić information content (AvgIpc) is 3.13. The molecule has 0 amide bonds. The topological polar surface area (TPSA) is 72.8 Å². The zero-order valence-corrected chi connectivity index (χ0v) is 42.8. The van der Waals surface area contributed by atoms with Crippen LogP contribution in [0.15, 0.2) is 0 Å². The Labute approximate surface area is 357 Å². The van der Waals surface area contributed by atoms with Gasteiger partial charge in [0.1, 0.15) is 11.7 Å². The van der Waals surface area contributed by atoms with Crippen molar-refractivity contribution in [1.29, 1.82) is 0 Å². The van der Waals surface area contributed by atoms with Crippen molar-refractivity contribution >= 4 is 11.9 Å². The van der Waals surface area contributed by atoms with E-state index in [1.807, 2.05) is 13.8 Å². The van der Waals surface area contributed by atoms with Crippen LogP contribution in [0, 0.1) is 48.7 Å². The van der Waals surface area contributed by atoms with Gasteiger partial charge in [-0.3, -0.25) is 9.59 Å². The van der Waals surface area contributed by atoms with Crippen LogP contribution in [-0.4, -0.2) is 34.9 Å². The van der Waals surface area contributed by atoms with E-state index in [1.54, 1.807) is 0 Å². The maximum absolute atomic E-state index is 15.2. The fourth-order valence-corrected chi connectivity index (χ4v) is 11.0. The molecule has 0 aromatic heterocycles. The van der Waals surface area contributed by atoms with Crippen LogP contribution in [0.4, 0.5) is 0 Å². The fraction of sp³-hybridized carbons (Fsp3) is 0.962. The first-order chi connectivity index (χ1) is 25.7. The molecular weight excluding hydrogens is 705 g/mol. The minimum atomic E-state index is -0.818. The number of ether oxygens (including phenoxy) is 2. The van der Waals surface area contributed by atoms with E-state index >= 15 is 4.79 Å². The van der Waals surface area contributed by atoms with Gasteiger partial charge in [0, 0.05) is 10.8 Å². The van der Waals surface area contributed by atoms with Crippen LogP contribution >= 0.6 is 0 Å². The molecule has 0 saturated heterocycles. The van der Waals surface area contributed by atoms with Gasteiger partial charge in [0.05, 0.1) is 16.9 Å². The highest BCUT2D eigenvalue weighted by Crippen LogP contribution is 2.56. The van der Waals surface area contributed by atoms with E-state index in [1.165, 1.54) is 0 Å². The predicted molar refractivity (Wildman–Crippen MR) is 246 cm³/mol. The fourth-order valence-electron chi connectivity index (χ4n) is 11.0.